The lowest BCUT2D eigenvalue weighted by Gasteiger charge is -2.15. The molecule has 0 N–H and O–H groups in total. The van der Waals surface area contributed by atoms with Crippen molar-refractivity contribution in [3.63, 3.8) is 0 Å². The first-order chi connectivity index (χ1) is 8.40. The van der Waals surface area contributed by atoms with E-state index in [1.54, 1.807) is 0 Å². The Balaban J connectivity index is 2.55. The molecule has 8 heteroatoms. The number of hydrogen-bond acceptors (Lipinski definition) is 6. The van der Waals surface area contributed by atoms with Crippen LogP contribution in [0.15, 0.2) is 0 Å². The Bertz CT molecular complexity index is 418. The third kappa shape index (κ3) is 3.67. The van der Waals surface area contributed by atoms with E-state index in [9.17, 15) is 18.0 Å². The minimum Gasteiger partial charge on any atom is -0.469 e. The minimum atomic E-state index is -3.52. The molecule has 1 aliphatic rings. The largest absolute Gasteiger partial charge is 0.469 e. The summed E-state index contributed by atoms with van der Waals surface area (Å²) >= 11 is 0. The smallest absolute Gasteiger partial charge is 0.310 e. The van der Waals surface area contributed by atoms with Crippen LogP contribution < -0.4 is 0 Å². The van der Waals surface area contributed by atoms with Crippen molar-refractivity contribution < 1.29 is 27.5 Å². The maximum atomic E-state index is 11.9. The molecule has 0 aromatic heterocycles. The van der Waals surface area contributed by atoms with Gasteiger partial charge in [0, 0.05) is 13.1 Å². The Hall–Kier alpha value is -1.15. The van der Waals surface area contributed by atoms with Crippen LogP contribution in [0.25, 0.3) is 0 Å². The summed E-state index contributed by atoms with van der Waals surface area (Å²) in [6.07, 6.45) is 0.266. The van der Waals surface area contributed by atoms with E-state index in [0.717, 1.165) is 0 Å². The summed E-state index contributed by atoms with van der Waals surface area (Å²) in [5.74, 6) is -1.68. The Morgan fingerprint density at radius 1 is 1.28 bits per heavy atom. The van der Waals surface area contributed by atoms with E-state index in [-0.39, 0.29) is 25.3 Å². The number of nitrogens with zero attached hydrogens (tertiary/aromatic N) is 1. The molecule has 1 heterocycles. The van der Waals surface area contributed by atoms with Gasteiger partial charge in [0.25, 0.3) is 0 Å². The molecule has 7 nitrogen and oxygen atoms in total. The fraction of sp³-hybridized carbons (Fsp3) is 0.800. The van der Waals surface area contributed by atoms with E-state index in [1.807, 2.05) is 0 Å². The fourth-order valence-electron chi connectivity index (χ4n) is 1.78. The van der Waals surface area contributed by atoms with Gasteiger partial charge in [0.2, 0.25) is 10.0 Å². The molecule has 104 valence electrons. The zero-order chi connectivity index (χ0) is 13.8. The minimum absolute atomic E-state index is 0.121. The zero-order valence-corrected chi connectivity index (χ0v) is 11.2. The first-order valence-corrected chi connectivity index (χ1v) is 7.14. The van der Waals surface area contributed by atoms with E-state index in [2.05, 4.69) is 9.47 Å². The number of rotatable bonds is 5. The molecule has 1 rings (SSSR count). The van der Waals surface area contributed by atoms with Crippen molar-refractivity contribution in [2.24, 2.45) is 5.92 Å². The molecule has 0 aliphatic carbocycles. The monoisotopic (exact) mass is 279 g/mol. The molecule has 1 atom stereocenters. The highest BCUT2D eigenvalue weighted by molar-refractivity contribution is 7.89. The van der Waals surface area contributed by atoms with Crippen LogP contribution in [-0.4, -0.2) is 57.7 Å². The van der Waals surface area contributed by atoms with E-state index < -0.39 is 27.9 Å². The van der Waals surface area contributed by atoms with Crippen molar-refractivity contribution in [2.75, 3.05) is 33.1 Å². The van der Waals surface area contributed by atoms with E-state index >= 15 is 0 Å². The van der Waals surface area contributed by atoms with Gasteiger partial charge in [-0.05, 0) is 6.42 Å². The first-order valence-electron chi connectivity index (χ1n) is 5.53. The Morgan fingerprint density at radius 2 is 1.94 bits per heavy atom. The molecule has 1 aliphatic heterocycles. The number of hydrogen-bond donors (Lipinski definition) is 0. The van der Waals surface area contributed by atoms with Gasteiger partial charge in [-0.25, -0.2) is 12.7 Å². The van der Waals surface area contributed by atoms with Gasteiger partial charge in [-0.2, -0.15) is 0 Å². The Kier molecular flexibility index (Phi) is 5.09. The summed E-state index contributed by atoms with van der Waals surface area (Å²) in [7, 11) is -1.03. The van der Waals surface area contributed by atoms with Crippen molar-refractivity contribution in [1.29, 1.82) is 0 Å². The molecule has 1 fully saturated rings. The number of sulfonamides is 1. The highest BCUT2D eigenvalue weighted by Crippen LogP contribution is 2.21. The summed E-state index contributed by atoms with van der Waals surface area (Å²) in [5.41, 5.74) is 0. The SMILES string of the molecule is COC(=O)CCS(=O)(=O)N1CCC(C(=O)OC)C1. The average Bonchev–Trinajstić information content (AvgIpc) is 2.85. The lowest BCUT2D eigenvalue weighted by molar-refractivity contribution is -0.145. The molecule has 0 saturated carbocycles. The second-order valence-electron chi connectivity index (χ2n) is 4.01. The van der Waals surface area contributed by atoms with Crippen LogP contribution >= 0.6 is 0 Å². The predicted octanol–water partition coefficient (Wildman–Crippen LogP) is -0.626. The molecule has 0 bridgehead atoms. The first kappa shape index (κ1) is 14.9. The van der Waals surface area contributed by atoms with Crippen molar-refractivity contribution in [3.05, 3.63) is 0 Å². The lowest BCUT2D eigenvalue weighted by atomic mass is 10.1. The Labute approximate surface area is 106 Å². The van der Waals surface area contributed by atoms with Crippen LogP contribution in [0.2, 0.25) is 0 Å². The molecule has 0 spiro atoms. The molecule has 1 saturated heterocycles. The quantitative estimate of drug-likeness (QED) is 0.623. The molecule has 18 heavy (non-hydrogen) atoms. The highest BCUT2D eigenvalue weighted by Gasteiger charge is 2.35. The number of esters is 2. The third-order valence-electron chi connectivity index (χ3n) is 2.87. The summed E-state index contributed by atoms with van der Waals surface area (Å²) in [4.78, 5) is 22.2. The number of carbonyl (C=O) groups is 2. The molecular formula is C10H17NO6S. The molecular weight excluding hydrogens is 262 g/mol. The summed E-state index contributed by atoms with van der Waals surface area (Å²) < 4.78 is 33.9. The maximum absolute atomic E-state index is 11.9. The summed E-state index contributed by atoms with van der Waals surface area (Å²) in [6.45, 7) is 0.402. The van der Waals surface area contributed by atoms with Gasteiger partial charge in [-0.3, -0.25) is 9.59 Å². The van der Waals surface area contributed by atoms with Gasteiger partial charge in [-0.15, -0.1) is 0 Å². The number of methoxy groups -OCH3 is 2. The molecule has 0 amide bonds. The van der Waals surface area contributed by atoms with Crippen LogP contribution in [0.1, 0.15) is 12.8 Å². The van der Waals surface area contributed by atoms with Crippen LogP contribution in [0.5, 0.6) is 0 Å². The molecule has 1 unspecified atom stereocenters. The second kappa shape index (κ2) is 6.14. The van der Waals surface area contributed by atoms with E-state index in [4.69, 9.17) is 0 Å². The molecule has 0 radical (unpaired) electrons. The lowest BCUT2D eigenvalue weighted by Crippen LogP contribution is -2.33. The van der Waals surface area contributed by atoms with Crippen LogP contribution in [0.3, 0.4) is 0 Å². The number of carbonyl (C=O) groups excluding carboxylic acids is 2. The van der Waals surface area contributed by atoms with Gasteiger partial charge in [0.1, 0.15) is 0 Å². The third-order valence-corrected chi connectivity index (χ3v) is 4.71. The average molecular weight is 279 g/mol. The van der Waals surface area contributed by atoms with Crippen molar-refractivity contribution in [2.45, 2.75) is 12.8 Å². The normalized spacial score (nSPS) is 20.7. The summed E-state index contributed by atoms with van der Waals surface area (Å²) in [6, 6.07) is 0. The van der Waals surface area contributed by atoms with Gasteiger partial charge >= 0.3 is 11.9 Å². The Morgan fingerprint density at radius 3 is 2.50 bits per heavy atom. The number of ether oxygens (including phenoxy) is 2. The van der Waals surface area contributed by atoms with Gasteiger partial charge < -0.3 is 9.47 Å². The standard InChI is InChI=1S/C10H17NO6S/c1-16-9(12)4-6-18(14,15)11-5-3-8(7-11)10(13)17-2/h8H,3-7H2,1-2H3. The maximum Gasteiger partial charge on any atom is 0.310 e. The van der Waals surface area contributed by atoms with Crippen molar-refractivity contribution in [3.8, 4) is 0 Å². The second-order valence-corrected chi connectivity index (χ2v) is 6.10. The van der Waals surface area contributed by atoms with Crippen LogP contribution in [-0.2, 0) is 29.1 Å². The van der Waals surface area contributed by atoms with Crippen LogP contribution in [0.4, 0.5) is 0 Å². The van der Waals surface area contributed by atoms with Gasteiger partial charge in [-0.1, -0.05) is 0 Å². The molecule has 0 aromatic carbocycles. The molecule has 0 aromatic rings. The highest BCUT2D eigenvalue weighted by atomic mass is 32.2. The van der Waals surface area contributed by atoms with Crippen LogP contribution in [0, 0.1) is 5.92 Å². The zero-order valence-electron chi connectivity index (χ0n) is 10.4. The van der Waals surface area contributed by atoms with E-state index in [1.165, 1.54) is 18.5 Å². The van der Waals surface area contributed by atoms with Gasteiger partial charge in [0.05, 0.1) is 32.3 Å². The van der Waals surface area contributed by atoms with Crippen molar-refractivity contribution >= 4 is 22.0 Å². The van der Waals surface area contributed by atoms with E-state index in [0.29, 0.717) is 6.42 Å². The fourth-order valence-corrected chi connectivity index (χ4v) is 3.26. The van der Waals surface area contributed by atoms with Crippen molar-refractivity contribution in [1.82, 2.24) is 4.31 Å². The summed E-state index contributed by atoms with van der Waals surface area (Å²) in [5, 5.41) is 0. The predicted molar refractivity (Wildman–Crippen MR) is 62.1 cm³/mol. The topological polar surface area (TPSA) is 90.0 Å². The van der Waals surface area contributed by atoms with Gasteiger partial charge in [0.15, 0.2) is 0 Å².